The van der Waals surface area contributed by atoms with Crippen LogP contribution < -0.4 is 0 Å². The maximum absolute atomic E-state index is 9.69. The summed E-state index contributed by atoms with van der Waals surface area (Å²) >= 11 is 0. The molecule has 0 aromatic carbocycles. The lowest BCUT2D eigenvalue weighted by molar-refractivity contribution is 0.105. The minimum Gasteiger partial charge on any atom is -0.263 e. The van der Waals surface area contributed by atoms with E-state index < -0.39 is 27.6 Å². The molecule has 0 aliphatic heterocycles. The summed E-state index contributed by atoms with van der Waals surface area (Å²) in [6.07, 6.45) is 0. The second-order valence-corrected chi connectivity index (χ2v) is 3.39. The minimum atomic E-state index is -4.75. The van der Waals surface area contributed by atoms with Crippen LogP contribution in [0, 0.1) is 0 Å². The van der Waals surface area contributed by atoms with Crippen molar-refractivity contribution in [1.82, 2.24) is 0 Å². The fourth-order valence-corrected chi connectivity index (χ4v) is 0.542. The van der Waals surface area contributed by atoms with Crippen LogP contribution >= 0.6 is 0 Å². The Morgan fingerprint density at radius 3 is 1.33 bits per heavy atom. The van der Waals surface area contributed by atoms with Crippen LogP contribution in [0.25, 0.3) is 0 Å². The third-order valence-corrected chi connectivity index (χ3v) is 1.18. The Balaban J connectivity index is 0. The van der Waals surface area contributed by atoms with Crippen molar-refractivity contribution in [2.75, 3.05) is 6.79 Å². The molecule has 0 amide bonds. The van der Waals surface area contributed by atoms with Crippen molar-refractivity contribution >= 4 is 20.8 Å². The van der Waals surface area contributed by atoms with Gasteiger partial charge in [0, 0.05) is 0 Å². The first-order valence-corrected chi connectivity index (χ1v) is 4.67. The summed E-state index contributed by atoms with van der Waals surface area (Å²) < 4.78 is 61.1. The summed E-state index contributed by atoms with van der Waals surface area (Å²) in [7, 11) is -9.49. The maximum atomic E-state index is 9.69. The Labute approximate surface area is 70.0 Å². The third kappa shape index (κ3) is 12.4. The molecule has 0 spiro atoms. The summed E-state index contributed by atoms with van der Waals surface area (Å²) in [5.41, 5.74) is 0. The molecule has 0 aromatic rings. The van der Waals surface area contributed by atoms with Crippen molar-refractivity contribution < 1.29 is 34.3 Å². The molecule has 0 unspecified atom stereocenters. The molecule has 12 heavy (non-hydrogen) atoms. The van der Waals surface area contributed by atoms with Gasteiger partial charge in [0.25, 0.3) is 0 Å². The van der Waals surface area contributed by atoms with E-state index in [4.69, 9.17) is 9.11 Å². The molecule has 8 nitrogen and oxygen atoms in total. The predicted molar refractivity (Wildman–Crippen MR) is 36.9 cm³/mol. The predicted octanol–water partition coefficient (Wildman–Crippen LogP) is -0.781. The Hall–Kier alpha value is -0.260. The normalized spacial score (nSPS) is 12.2. The number of hydrogen-bond donors (Lipinski definition) is 2. The van der Waals surface area contributed by atoms with Gasteiger partial charge in [-0.1, -0.05) is 7.43 Å². The highest BCUT2D eigenvalue weighted by Crippen LogP contribution is 1.90. The zero-order valence-corrected chi connectivity index (χ0v) is 6.50. The summed E-state index contributed by atoms with van der Waals surface area (Å²) in [6, 6.07) is 0. The molecule has 0 saturated heterocycles. The van der Waals surface area contributed by atoms with Crippen molar-refractivity contribution in [2.45, 2.75) is 7.43 Å². The monoisotopic (exact) mass is 224 g/mol. The van der Waals surface area contributed by atoms with Gasteiger partial charge in [-0.2, -0.15) is 16.8 Å². The topological polar surface area (TPSA) is 127 Å². The largest absolute Gasteiger partial charge is 0.399 e. The van der Waals surface area contributed by atoms with E-state index in [1.807, 2.05) is 0 Å². The first kappa shape index (κ1) is 14.3. The second kappa shape index (κ2) is 4.69. The third-order valence-electron chi connectivity index (χ3n) is 0.394. The van der Waals surface area contributed by atoms with E-state index in [2.05, 4.69) is 8.37 Å². The fourth-order valence-electron chi connectivity index (χ4n) is 0.141. The minimum absolute atomic E-state index is 0. The highest BCUT2D eigenvalue weighted by atomic mass is 32.3. The first-order chi connectivity index (χ1) is 4.71. The standard InChI is InChI=1S/CH4O8S2.CH4/c2-10(3,4)8-1-9-11(5,6)7;/h1H2,(H,2,3,4)(H,5,6,7);1H4. The van der Waals surface area contributed by atoms with Crippen molar-refractivity contribution in [3.8, 4) is 0 Å². The SMILES string of the molecule is C.O=S(=O)(O)OCOS(=O)(=O)O. The van der Waals surface area contributed by atoms with Gasteiger partial charge in [0.15, 0.2) is 6.79 Å². The summed E-state index contributed by atoms with van der Waals surface area (Å²) in [4.78, 5) is 0. The van der Waals surface area contributed by atoms with Crippen LogP contribution in [0.5, 0.6) is 0 Å². The Kier molecular flexibility index (Phi) is 5.58. The van der Waals surface area contributed by atoms with Crippen LogP contribution in [0.2, 0.25) is 0 Å². The molecule has 0 fully saturated rings. The molecular weight excluding hydrogens is 216 g/mol. The van der Waals surface area contributed by atoms with Crippen molar-refractivity contribution in [2.24, 2.45) is 0 Å². The van der Waals surface area contributed by atoms with Gasteiger partial charge in [0.1, 0.15) is 0 Å². The Bertz CT molecular complexity index is 264. The van der Waals surface area contributed by atoms with Crippen molar-refractivity contribution in [3.63, 3.8) is 0 Å². The fraction of sp³-hybridized carbons (Fsp3) is 1.00. The quantitative estimate of drug-likeness (QED) is 0.470. The Morgan fingerprint density at radius 2 is 1.17 bits per heavy atom. The average molecular weight is 224 g/mol. The van der Waals surface area contributed by atoms with E-state index in [0.29, 0.717) is 0 Å². The molecule has 0 saturated carbocycles. The van der Waals surface area contributed by atoms with Gasteiger partial charge in [-0.15, -0.1) is 0 Å². The molecule has 0 heterocycles. The Morgan fingerprint density at radius 1 is 0.917 bits per heavy atom. The number of hydrogen-bond acceptors (Lipinski definition) is 6. The van der Waals surface area contributed by atoms with Crippen molar-refractivity contribution in [3.05, 3.63) is 0 Å². The summed E-state index contributed by atoms with van der Waals surface area (Å²) in [5.74, 6) is 0. The smallest absolute Gasteiger partial charge is 0.263 e. The van der Waals surface area contributed by atoms with Crippen LogP contribution in [0.15, 0.2) is 0 Å². The summed E-state index contributed by atoms with van der Waals surface area (Å²) in [5, 5.41) is 0. The maximum Gasteiger partial charge on any atom is 0.399 e. The molecule has 0 radical (unpaired) electrons. The van der Waals surface area contributed by atoms with E-state index in [0.717, 1.165) is 0 Å². The van der Waals surface area contributed by atoms with Gasteiger partial charge in [-0.3, -0.25) is 9.11 Å². The van der Waals surface area contributed by atoms with Crippen LogP contribution in [-0.4, -0.2) is 32.7 Å². The van der Waals surface area contributed by atoms with Gasteiger partial charge < -0.3 is 0 Å². The second-order valence-electron chi connectivity index (χ2n) is 1.21. The molecule has 0 aliphatic carbocycles. The van der Waals surface area contributed by atoms with Gasteiger partial charge in [-0.25, -0.2) is 8.37 Å². The van der Waals surface area contributed by atoms with E-state index in [1.54, 1.807) is 0 Å². The van der Waals surface area contributed by atoms with Gasteiger partial charge in [0.2, 0.25) is 0 Å². The lowest BCUT2D eigenvalue weighted by Gasteiger charge is -1.96. The van der Waals surface area contributed by atoms with Crippen molar-refractivity contribution in [1.29, 1.82) is 0 Å². The molecule has 0 rings (SSSR count). The lowest BCUT2D eigenvalue weighted by atomic mass is 11.6. The molecule has 0 aliphatic rings. The molecule has 2 N–H and O–H groups in total. The number of rotatable bonds is 4. The first-order valence-electron chi connectivity index (χ1n) is 1.94. The highest BCUT2D eigenvalue weighted by Gasteiger charge is 2.08. The van der Waals surface area contributed by atoms with E-state index in [1.165, 1.54) is 0 Å². The van der Waals surface area contributed by atoms with Gasteiger partial charge in [0.05, 0.1) is 0 Å². The molecular formula is C2H8O8S2. The summed E-state index contributed by atoms with van der Waals surface area (Å²) in [6.45, 7) is -1.31. The van der Waals surface area contributed by atoms with E-state index >= 15 is 0 Å². The van der Waals surface area contributed by atoms with Crippen LogP contribution in [0.3, 0.4) is 0 Å². The van der Waals surface area contributed by atoms with Gasteiger partial charge in [-0.05, 0) is 0 Å². The molecule has 76 valence electrons. The average Bonchev–Trinajstić information content (AvgIpc) is 1.55. The molecule has 10 heteroatoms. The zero-order valence-electron chi connectivity index (χ0n) is 4.87. The molecule has 0 atom stereocenters. The van der Waals surface area contributed by atoms with Crippen LogP contribution in [0.4, 0.5) is 0 Å². The lowest BCUT2D eigenvalue weighted by Crippen LogP contribution is -2.11. The van der Waals surface area contributed by atoms with E-state index in [9.17, 15) is 16.8 Å². The zero-order chi connectivity index (χ0) is 9.12. The molecule has 0 aromatic heterocycles. The van der Waals surface area contributed by atoms with Gasteiger partial charge >= 0.3 is 20.8 Å². The van der Waals surface area contributed by atoms with Crippen LogP contribution in [-0.2, 0) is 29.2 Å². The van der Waals surface area contributed by atoms with Crippen LogP contribution in [0.1, 0.15) is 7.43 Å². The van der Waals surface area contributed by atoms with E-state index in [-0.39, 0.29) is 7.43 Å². The highest BCUT2D eigenvalue weighted by molar-refractivity contribution is 7.81. The molecule has 0 bridgehead atoms.